The second-order valence-electron chi connectivity index (χ2n) is 6.86. The Bertz CT molecular complexity index is 568. The molecule has 130 valence electrons. The third-order valence-corrected chi connectivity index (χ3v) is 4.69. The van der Waals surface area contributed by atoms with Gasteiger partial charge in [0.2, 0.25) is 0 Å². The molecule has 0 unspecified atom stereocenters. The quantitative estimate of drug-likeness (QED) is 0.432. The van der Waals surface area contributed by atoms with Gasteiger partial charge in [-0.15, -0.1) is 0 Å². The minimum atomic E-state index is 0.606. The van der Waals surface area contributed by atoms with Crippen LogP contribution in [0.3, 0.4) is 0 Å². The van der Waals surface area contributed by atoms with Gasteiger partial charge in [0.25, 0.3) is 0 Å². The van der Waals surface area contributed by atoms with Gasteiger partial charge < -0.3 is 4.74 Å². The highest BCUT2D eigenvalue weighted by atomic mass is 16.5. The van der Waals surface area contributed by atoms with Gasteiger partial charge in [-0.1, -0.05) is 82.9 Å². The van der Waals surface area contributed by atoms with Crippen molar-refractivity contribution in [2.75, 3.05) is 6.61 Å². The SMILES string of the molecule is CCCCCCc1ccc(-c2ccc(OC[C@@H](C)CC)cc2)cc1. The van der Waals surface area contributed by atoms with E-state index in [1.807, 2.05) is 0 Å². The maximum Gasteiger partial charge on any atom is 0.119 e. The smallest absolute Gasteiger partial charge is 0.119 e. The van der Waals surface area contributed by atoms with Gasteiger partial charge in [-0.3, -0.25) is 0 Å². The van der Waals surface area contributed by atoms with Crippen molar-refractivity contribution in [1.29, 1.82) is 0 Å². The number of rotatable bonds is 10. The highest BCUT2D eigenvalue weighted by molar-refractivity contribution is 5.64. The number of hydrogen-bond acceptors (Lipinski definition) is 1. The Kier molecular flexibility index (Phi) is 7.88. The van der Waals surface area contributed by atoms with Crippen LogP contribution in [0.1, 0.15) is 58.4 Å². The third-order valence-electron chi connectivity index (χ3n) is 4.69. The van der Waals surface area contributed by atoms with Crippen LogP contribution in [0.2, 0.25) is 0 Å². The molecule has 0 amide bonds. The van der Waals surface area contributed by atoms with E-state index >= 15 is 0 Å². The summed E-state index contributed by atoms with van der Waals surface area (Å²) in [7, 11) is 0. The molecule has 0 aliphatic rings. The molecule has 24 heavy (non-hydrogen) atoms. The lowest BCUT2D eigenvalue weighted by atomic mass is 10.0. The Morgan fingerprint density at radius 1 is 0.792 bits per heavy atom. The number of aryl methyl sites for hydroxylation is 1. The van der Waals surface area contributed by atoms with Gasteiger partial charge >= 0.3 is 0 Å². The molecule has 0 saturated carbocycles. The van der Waals surface area contributed by atoms with Crippen LogP contribution in [0.15, 0.2) is 48.5 Å². The molecule has 1 atom stereocenters. The normalized spacial score (nSPS) is 12.1. The first-order valence-electron chi connectivity index (χ1n) is 9.55. The number of ether oxygens (including phenoxy) is 1. The molecule has 0 spiro atoms. The molecule has 1 nitrogen and oxygen atoms in total. The fourth-order valence-corrected chi connectivity index (χ4v) is 2.72. The average molecular weight is 325 g/mol. The highest BCUT2D eigenvalue weighted by Crippen LogP contribution is 2.23. The Morgan fingerprint density at radius 3 is 2.00 bits per heavy atom. The fraction of sp³-hybridized carbons (Fsp3) is 0.478. The van der Waals surface area contributed by atoms with E-state index in [2.05, 4.69) is 69.3 Å². The van der Waals surface area contributed by atoms with Gasteiger partial charge in [0.1, 0.15) is 5.75 Å². The van der Waals surface area contributed by atoms with E-state index in [0.29, 0.717) is 5.92 Å². The minimum Gasteiger partial charge on any atom is -0.493 e. The van der Waals surface area contributed by atoms with Crippen LogP contribution >= 0.6 is 0 Å². The van der Waals surface area contributed by atoms with E-state index in [1.54, 1.807) is 0 Å². The van der Waals surface area contributed by atoms with Gasteiger partial charge in [-0.2, -0.15) is 0 Å². The zero-order valence-corrected chi connectivity index (χ0v) is 15.6. The average Bonchev–Trinajstić information content (AvgIpc) is 2.64. The standard InChI is InChI=1S/C23H32O/c1-4-6-7-8-9-20-10-12-21(13-11-20)22-14-16-23(17-15-22)24-18-19(3)5-2/h10-17,19H,4-9,18H2,1-3H3/t19-/m0/s1. The molecule has 0 saturated heterocycles. The van der Waals surface area contributed by atoms with Crippen LogP contribution in [0, 0.1) is 5.92 Å². The molecular formula is C23H32O. The maximum absolute atomic E-state index is 5.83. The lowest BCUT2D eigenvalue weighted by Crippen LogP contribution is -2.06. The van der Waals surface area contributed by atoms with E-state index < -0.39 is 0 Å². The summed E-state index contributed by atoms with van der Waals surface area (Å²) in [6.07, 6.45) is 7.65. The molecule has 0 fully saturated rings. The summed E-state index contributed by atoms with van der Waals surface area (Å²) >= 11 is 0. The maximum atomic E-state index is 5.83. The predicted octanol–water partition coefficient (Wildman–Crippen LogP) is 6.90. The van der Waals surface area contributed by atoms with E-state index in [4.69, 9.17) is 4.74 Å². The van der Waals surface area contributed by atoms with E-state index in [9.17, 15) is 0 Å². The topological polar surface area (TPSA) is 9.23 Å². The van der Waals surface area contributed by atoms with Gasteiger partial charge in [0, 0.05) is 0 Å². The first kappa shape index (κ1) is 18.6. The summed E-state index contributed by atoms with van der Waals surface area (Å²) in [6, 6.07) is 17.5. The lowest BCUT2D eigenvalue weighted by Gasteiger charge is -2.11. The van der Waals surface area contributed by atoms with Crippen molar-refractivity contribution in [3.63, 3.8) is 0 Å². The first-order valence-corrected chi connectivity index (χ1v) is 9.55. The summed E-state index contributed by atoms with van der Waals surface area (Å²) in [5.74, 6) is 1.57. The molecule has 0 N–H and O–H groups in total. The zero-order chi connectivity index (χ0) is 17.2. The van der Waals surface area contributed by atoms with Crippen LogP contribution in [0.4, 0.5) is 0 Å². The summed E-state index contributed by atoms with van der Waals surface area (Å²) in [4.78, 5) is 0. The van der Waals surface area contributed by atoms with Crippen molar-refractivity contribution in [3.05, 3.63) is 54.1 Å². The van der Waals surface area contributed by atoms with E-state index in [-0.39, 0.29) is 0 Å². The second kappa shape index (κ2) is 10.2. The van der Waals surface area contributed by atoms with E-state index in [0.717, 1.165) is 18.8 Å². The summed E-state index contributed by atoms with van der Waals surface area (Å²) in [5, 5.41) is 0. The second-order valence-corrected chi connectivity index (χ2v) is 6.86. The molecule has 0 bridgehead atoms. The molecule has 0 aliphatic carbocycles. The van der Waals surface area contributed by atoms with Crippen LogP contribution in [-0.2, 0) is 6.42 Å². The van der Waals surface area contributed by atoms with Gasteiger partial charge in [-0.05, 0) is 47.6 Å². The van der Waals surface area contributed by atoms with Crippen molar-refractivity contribution in [1.82, 2.24) is 0 Å². The number of benzene rings is 2. The summed E-state index contributed by atoms with van der Waals surface area (Å²) < 4.78 is 5.83. The van der Waals surface area contributed by atoms with Crippen LogP contribution in [0.25, 0.3) is 11.1 Å². The summed E-state index contributed by atoms with van der Waals surface area (Å²) in [5.41, 5.74) is 3.98. The predicted molar refractivity (Wildman–Crippen MR) is 105 cm³/mol. The molecular weight excluding hydrogens is 292 g/mol. The zero-order valence-electron chi connectivity index (χ0n) is 15.6. The molecule has 2 aromatic rings. The molecule has 0 aromatic heterocycles. The number of hydrogen-bond donors (Lipinski definition) is 0. The molecule has 2 rings (SSSR count). The van der Waals surface area contributed by atoms with Crippen LogP contribution in [0.5, 0.6) is 5.75 Å². The molecule has 0 heterocycles. The molecule has 2 aromatic carbocycles. The number of unbranched alkanes of at least 4 members (excludes halogenated alkanes) is 3. The van der Waals surface area contributed by atoms with Gasteiger partial charge in [0.15, 0.2) is 0 Å². The monoisotopic (exact) mass is 324 g/mol. The Labute approximate surface area is 148 Å². The highest BCUT2D eigenvalue weighted by Gasteiger charge is 2.02. The third kappa shape index (κ3) is 6.03. The fourth-order valence-electron chi connectivity index (χ4n) is 2.72. The molecule has 1 heteroatoms. The van der Waals surface area contributed by atoms with Crippen molar-refractivity contribution in [3.8, 4) is 16.9 Å². The molecule has 0 radical (unpaired) electrons. The first-order chi connectivity index (χ1) is 11.7. The van der Waals surface area contributed by atoms with Crippen molar-refractivity contribution < 1.29 is 4.74 Å². The van der Waals surface area contributed by atoms with E-state index in [1.165, 1.54) is 48.8 Å². The van der Waals surface area contributed by atoms with Crippen molar-refractivity contribution >= 4 is 0 Å². The van der Waals surface area contributed by atoms with Crippen LogP contribution in [-0.4, -0.2) is 6.61 Å². The largest absolute Gasteiger partial charge is 0.493 e. The Morgan fingerprint density at radius 2 is 1.42 bits per heavy atom. The van der Waals surface area contributed by atoms with Crippen molar-refractivity contribution in [2.45, 2.75) is 59.3 Å². The van der Waals surface area contributed by atoms with Crippen LogP contribution < -0.4 is 4.74 Å². The summed E-state index contributed by atoms with van der Waals surface area (Å²) in [6.45, 7) is 7.47. The van der Waals surface area contributed by atoms with Gasteiger partial charge in [-0.25, -0.2) is 0 Å². The van der Waals surface area contributed by atoms with Crippen molar-refractivity contribution in [2.24, 2.45) is 5.92 Å². The molecule has 0 aliphatic heterocycles. The lowest BCUT2D eigenvalue weighted by molar-refractivity contribution is 0.256. The minimum absolute atomic E-state index is 0.606. The van der Waals surface area contributed by atoms with Gasteiger partial charge in [0.05, 0.1) is 6.61 Å². The Hall–Kier alpha value is -1.76. The Balaban J connectivity index is 1.89.